The highest BCUT2D eigenvalue weighted by molar-refractivity contribution is 5.92. The summed E-state index contributed by atoms with van der Waals surface area (Å²) in [4.78, 5) is 4.61. The summed E-state index contributed by atoms with van der Waals surface area (Å²) in [5.41, 5.74) is 6.75. The van der Waals surface area contributed by atoms with Crippen molar-refractivity contribution in [2.75, 3.05) is 0 Å². The molecule has 0 atom stereocenters. The van der Waals surface area contributed by atoms with Crippen LogP contribution in [0, 0.1) is 6.92 Å². The van der Waals surface area contributed by atoms with Crippen LogP contribution in [0.4, 0.5) is 5.69 Å². The van der Waals surface area contributed by atoms with E-state index < -0.39 is 0 Å². The molecule has 0 saturated carbocycles. The zero-order chi connectivity index (χ0) is 10.1. The van der Waals surface area contributed by atoms with E-state index in [2.05, 4.69) is 37.9 Å². The van der Waals surface area contributed by atoms with Gasteiger partial charge in [-0.05, 0) is 37.0 Å². The Labute approximate surface area is 85.9 Å². The van der Waals surface area contributed by atoms with E-state index in [0.717, 1.165) is 6.42 Å². The van der Waals surface area contributed by atoms with E-state index in [1.807, 2.05) is 0 Å². The summed E-state index contributed by atoms with van der Waals surface area (Å²) in [6, 6.07) is 4.51. The van der Waals surface area contributed by atoms with Crippen molar-refractivity contribution in [2.24, 2.45) is 4.99 Å². The van der Waals surface area contributed by atoms with Gasteiger partial charge >= 0.3 is 0 Å². The molecule has 0 saturated heterocycles. The average Bonchev–Trinajstić information content (AvgIpc) is 2.52. The Hall–Kier alpha value is -1.11. The summed E-state index contributed by atoms with van der Waals surface area (Å²) in [6.07, 6.45) is 3.43. The first-order valence-corrected chi connectivity index (χ1v) is 5.38. The maximum atomic E-state index is 4.61. The molecular weight excluding hydrogens is 170 g/mol. The first-order chi connectivity index (χ1) is 6.72. The number of aliphatic imine (C=N–C) groups is 1. The fraction of sp³-hybridized carbons (Fsp3) is 0.462. The van der Waals surface area contributed by atoms with Gasteiger partial charge in [0.2, 0.25) is 0 Å². The number of fused-ring (bicyclic) bond motifs is 1. The molecule has 1 aromatic carbocycles. The quantitative estimate of drug-likeness (QED) is 0.671. The van der Waals surface area contributed by atoms with Crippen molar-refractivity contribution in [1.82, 2.24) is 0 Å². The van der Waals surface area contributed by atoms with Crippen LogP contribution in [-0.4, -0.2) is 5.71 Å². The molecule has 1 heterocycles. The van der Waals surface area contributed by atoms with E-state index in [9.17, 15) is 0 Å². The minimum absolute atomic E-state index is 1.04. The standard InChI is InChI=1S/C13H17N/c1-4-5-11-6-7-12-8-9(2)14-13(12)10(11)3/h6-7H,4-5,8H2,1-3H3. The van der Waals surface area contributed by atoms with Crippen LogP contribution in [0.15, 0.2) is 17.1 Å². The molecule has 1 aliphatic rings. The number of nitrogens with zero attached hydrogens (tertiary/aromatic N) is 1. The van der Waals surface area contributed by atoms with Crippen molar-refractivity contribution in [3.63, 3.8) is 0 Å². The van der Waals surface area contributed by atoms with Crippen molar-refractivity contribution >= 4 is 11.4 Å². The van der Waals surface area contributed by atoms with E-state index in [1.54, 1.807) is 0 Å². The Morgan fingerprint density at radius 2 is 2.07 bits per heavy atom. The highest BCUT2D eigenvalue weighted by Crippen LogP contribution is 2.32. The third-order valence-corrected chi connectivity index (χ3v) is 2.90. The second-order valence-corrected chi connectivity index (χ2v) is 4.13. The molecule has 1 heteroatoms. The molecule has 0 aromatic heterocycles. The monoisotopic (exact) mass is 187 g/mol. The van der Waals surface area contributed by atoms with Gasteiger partial charge in [0.05, 0.1) is 5.69 Å². The van der Waals surface area contributed by atoms with Gasteiger partial charge < -0.3 is 0 Å². The van der Waals surface area contributed by atoms with Crippen LogP contribution in [0.5, 0.6) is 0 Å². The molecule has 0 unspecified atom stereocenters. The van der Waals surface area contributed by atoms with Gasteiger partial charge in [-0.2, -0.15) is 0 Å². The normalized spacial score (nSPS) is 14.1. The van der Waals surface area contributed by atoms with E-state index in [4.69, 9.17) is 0 Å². The van der Waals surface area contributed by atoms with Gasteiger partial charge in [-0.15, -0.1) is 0 Å². The maximum absolute atomic E-state index is 4.61. The second kappa shape index (κ2) is 3.56. The molecule has 1 aliphatic heterocycles. The lowest BCUT2D eigenvalue weighted by atomic mass is 9.98. The van der Waals surface area contributed by atoms with Crippen LogP contribution in [0.2, 0.25) is 0 Å². The van der Waals surface area contributed by atoms with Crippen molar-refractivity contribution in [3.05, 3.63) is 28.8 Å². The summed E-state index contributed by atoms with van der Waals surface area (Å²) in [6.45, 7) is 6.53. The van der Waals surface area contributed by atoms with E-state index in [-0.39, 0.29) is 0 Å². The zero-order valence-corrected chi connectivity index (χ0v) is 9.22. The predicted octanol–water partition coefficient (Wildman–Crippen LogP) is 3.60. The number of hydrogen-bond acceptors (Lipinski definition) is 1. The Morgan fingerprint density at radius 1 is 1.29 bits per heavy atom. The van der Waals surface area contributed by atoms with E-state index in [1.165, 1.54) is 40.9 Å². The van der Waals surface area contributed by atoms with Crippen molar-refractivity contribution < 1.29 is 0 Å². The molecule has 0 N–H and O–H groups in total. The van der Waals surface area contributed by atoms with Gasteiger partial charge in [-0.25, -0.2) is 0 Å². The molecule has 0 bridgehead atoms. The molecule has 1 nitrogen and oxygen atoms in total. The Bertz CT molecular complexity index is 388. The lowest BCUT2D eigenvalue weighted by molar-refractivity contribution is 0.912. The molecule has 0 spiro atoms. The minimum atomic E-state index is 1.04. The molecule has 0 fully saturated rings. The maximum Gasteiger partial charge on any atom is 0.0696 e. The first-order valence-electron chi connectivity index (χ1n) is 5.38. The van der Waals surface area contributed by atoms with Gasteiger partial charge in [0.1, 0.15) is 0 Å². The largest absolute Gasteiger partial charge is 0.257 e. The van der Waals surface area contributed by atoms with Crippen molar-refractivity contribution in [3.8, 4) is 0 Å². The number of rotatable bonds is 2. The summed E-state index contributed by atoms with van der Waals surface area (Å²) >= 11 is 0. The van der Waals surface area contributed by atoms with Gasteiger partial charge in [-0.1, -0.05) is 25.5 Å². The summed E-state index contributed by atoms with van der Waals surface area (Å²) in [5.74, 6) is 0. The van der Waals surface area contributed by atoms with Crippen LogP contribution in [0.3, 0.4) is 0 Å². The zero-order valence-electron chi connectivity index (χ0n) is 9.22. The lowest BCUT2D eigenvalue weighted by Gasteiger charge is -2.07. The molecular formula is C13H17N. The van der Waals surface area contributed by atoms with Crippen LogP contribution in [0.25, 0.3) is 0 Å². The average molecular weight is 187 g/mol. The van der Waals surface area contributed by atoms with Crippen LogP contribution >= 0.6 is 0 Å². The number of benzene rings is 1. The van der Waals surface area contributed by atoms with E-state index in [0.29, 0.717) is 0 Å². The predicted molar refractivity (Wildman–Crippen MR) is 61.6 cm³/mol. The van der Waals surface area contributed by atoms with Crippen LogP contribution in [0.1, 0.15) is 37.0 Å². The second-order valence-electron chi connectivity index (χ2n) is 4.13. The summed E-state index contributed by atoms with van der Waals surface area (Å²) in [7, 11) is 0. The minimum Gasteiger partial charge on any atom is -0.257 e. The molecule has 14 heavy (non-hydrogen) atoms. The highest BCUT2D eigenvalue weighted by Gasteiger charge is 2.14. The van der Waals surface area contributed by atoms with Gasteiger partial charge in [-0.3, -0.25) is 4.99 Å². The van der Waals surface area contributed by atoms with Crippen LogP contribution in [-0.2, 0) is 12.8 Å². The Morgan fingerprint density at radius 3 is 2.79 bits per heavy atom. The molecule has 1 aromatic rings. The SMILES string of the molecule is CCCc1ccc2c(c1C)N=C(C)C2. The molecule has 2 rings (SSSR count). The van der Waals surface area contributed by atoms with Gasteiger partial charge in [0.25, 0.3) is 0 Å². The fourth-order valence-corrected chi connectivity index (χ4v) is 2.14. The molecule has 0 amide bonds. The molecule has 74 valence electrons. The van der Waals surface area contributed by atoms with Gasteiger partial charge in [0.15, 0.2) is 0 Å². The van der Waals surface area contributed by atoms with E-state index >= 15 is 0 Å². The number of hydrogen-bond donors (Lipinski definition) is 0. The summed E-state index contributed by atoms with van der Waals surface area (Å²) < 4.78 is 0. The summed E-state index contributed by atoms with van der Waals surface area (Å²) in [5, 5.41) is 0. The third kappa shape index (κ3) is 1.47. The van der Waals surface area contributed by atoms with Crippen LogP contribution < -0.4 is 0 Å². The topological polar surface area (TPSA) is 12.4 Å². The Kier molecular flexibility index (Phi) is 2.40. The smallest absolute Gasteiger partial charge is 0.0696 e. The van der Waals surface area contributed by atoms with Gasteiger partial charge in [0, 0.05) is 12.1 Å². The van der Waals surface area contributed by atoms with Crippen molar-refractivity contribution in [2.45, 2.75) is 40.0 Å². The fourth-order valence-electron chi connectivity index (χ4n) is 2.14. The highest BCUT2D eigenvalue weighted by atomic mass is 14.8. The number of aryl methyl sites for hydroxylation is 1. The molecule has 0 radical (unpaired) electrons. The van der Waals surface area contributed by atoms with Crippen molar-refractivity contribution in [1.29, 1.82) is 0 Å². The Balaban J connectivity index is 2.46. The third-order valence-electron chi connectivity index (χ3n) is 2.90. The molecule has 0 aliphatic carbocycles. The first kappa shape index (κ1) is 9.45. The lowest BCUT2D eigenvalue weighted by Crippen LogP contribution is -1.91.